The summed E-state index contributed by atoms with van der Waals surface area (Å²) in [6, 6.07) is 9.18. The smallest absolute Gasteiger partial charge is 0.279 e. The quantitative estimate of drug-likeness (QED) is 0.641. The summed E-state index contributed by atoms with van der Waals surface area (Å²) in [6.45, 7) is 0. The maximum atomic E-state index is 12.4. The predicted molar refractivity (Wildman–Crippen MR) is 100 cm³/mol. The zero-order valence-electron chi connectivity index (χ0n) is 13.2. The van der Waals surface area contributed by atoms with E-state index < -0.39 is 15.7 Å². The van der Waals surface area contributed by atoms with Crippen molar-refractivity contribution in [1.82, 2.24) is 4.57 Å². The van der Waals surface area contributed by atoms with Gasteiger partial charge in [0.05, 0.1) is 25.2 Å². The molecule has 2 aromatic carbocycles. The largest absolute Gasteiger partial charge is 0.318 e. The Hall–Kier alpha value is -1.67. The van der Waals surface area contributed by atoms with Gasteiger partial charge in [-0.3, -0.25) is 4.79 Å². The van der Waals surface area contributed by atoms with Crippen molar-refractivity contribution in [3.8, 4) is 0 Å². The number of fused-ring (bicyclic) bond motifs is 1. The molecule has 0 saturated carbocycles. The van der Waals surface area contributed by atoms with Crippen LogP contribution in [0.25, 0.3) is 10.2 Å². The van der Waals surface area contributed by atoms with Gasteiger partial charge in [-0.05, 0) is 36.4 Å². The van der Waals surface area contributed by atoms with Gasteiger partial charge in [0.25, 0.3) is 5.91 Å². The molecule has 3 rings (SSSR count). The number of sulfone groups is 1. The van der Waals surface area contributed by atoms with E-state index in [0.29, 0.717) is 25.9 Å². The highest BCUT2D eigenvalue weighted by molar-refractivity contribution is 7.90. The molecule has 0 unspecified atom stereocenters. The average molecular weight is 415 g/mol. The van der Waals surface area contributed by atoms with Gasteiger partial charge in [0.15, 0.2) is 14.6 Å². The number of nitrogens with zero attached hydrogens (tertiary/aromatic N) is 2. The number of aryl methyl sites for hydroxylation is 1. The van der Waals surface area contributed by atoms with Crippen LogP contribution in [-0.4, -0.2) is 25.1 Å². The summed E-state index contributed by atoms with van der Waals surface area (Å²) < 4.78 is 25.5. The summed E-state index contributed by atoms with van der Waals surface area (Å²) in [4.78, 5) is 17.1. The van der Waals surface area contributed by atoms with Crippen molar-refractivity contribution in [2.45, 2.75) is 4.90 Å². The van der Waals surface area contributed by atoms with Gasteiger partial charge in [0.2, 0.25) is 0 Å². The first-order chi connectivity index (χ1) is 11.7. The highest BCUT2D eigenvalue weighted by Gasteiger charge is 2.13. The van der Waals surface area contributed by atoms with Gasteiger partial charge in [-0.25, -0.2) is 8.42 Å². The molecular weight excluding hydrogens is 403 g/mol. The van der Waals surface area contributed by atoms with Gasteiger partial charge < -0.3 is 4.57 Å². The second-order valence-corrected chi connectivity index (χ2v) is 9.18. The minimum absolute atomic E-state index is 0.151. The molecule has 25 heavy (non-hydrogen) atoms. The number of benzene rings is 2. The lowest BCUT2D eigenvalue weighted by Gasteiger charge is -2.01. The number of aromatic nitrogens is 1. The van der Waals surface area contributed by atoms with E-state index in [9.17, 15) is 13.2 Å². The third-order valence-electron chi connectivity index (χ3n) is 3.58. The lowest BCUT2D eigenvalue weighted by atomic mass is 10.2. The summed E-state index contributed by atoms with van der Waals surface area (Å²) in [7, 11) is -1.56. The maximum absolute atomic E-state index is 12.4. The molecule has 0 spiro atoms. The van der Waals surface area contributed by atoms with Gasteiger partial charge in [-0.1, -0.05) is 34.5 Å². The molecule has 0 bridgehead atoms. The Kier molecular flexibility index (Phi) is 4.76. The van der Waals surface area contributed by atoms with E-state index in [0.717, 1.165) is 11.0 Å². The standard InChI is InChI=1S/C16H12Cl2N2O3S2/c1-20-14-12(8-7-11(17)13(14)18)24-16(20)19-15(21)9-3-5-10(6-4-9)25(2,22)23/h3-8H,1-2H3. The van der Waals surface area contributed by atoms with Crippen molar-refractivity contribution >= 4 is 60.5 Å². The summed E-state index contributed by atoms with van der Waals surface area (Å²) in [5.74, 6) is -0.468. The number of halogens is 2. The van der Waals surface area contributed by atoms with E-state index in [4.69, 9.17) is 23.2 Å². The third-order valence-corrected chi connectivity index (χ3v) is 6.60. The highest BCUT2D eigenvalue weighted by atomic mass is 35.5. The van der Waals surface area contributed by atoms with E-state index in [-0.39, 0.29) is 4.90 Å². The zero-order valence-corrected chi connectivity index (χ0v) is 16.3. The highest BCUT2D eigenvalue weighted by Crippen LogP contribution is 2.31. The number of carbonyl (C=O) groups excluding carboxylic acids is 1. The van der Waals surface area contributed by atoms with Crippen molar-refractivity contribution in [1.29, 1.82) is 0 Å². The van der Waals surface area contributed by atoms with Crippen molar-refractivity contribution < 1.29 is 13.2 Å². The Morgan fingerprint density at radius 1 is 1.12 bits per heavy atom. The van der Waals surface area contributed by atoms with Gasteiger partial charge in [-0.2, -0.15) is 4.99 Å². The fourth-order valence-electron chi connectivity index (χ4n) is 2.27. The second kappa shape index (κ2) is 6.57. The number of hydrogen-bond acceptors (Lipinski definition) is 4. The summed E-state index contributed by atoms with van der Waals surface area (Å²) in [5.41, 5.74) is 1.01. The van der Waals surface area contributed by atoms with Crippen LogP contribution in [0.3, 0.4) is 0 Å². The molecule has 1 amide bonds. The Balaban J connectivity index is 2.06. The van der Waals surface area contributed by atoms with Crippen LogP contribution in [0.4, 0.5) is 0 Å². The predicted octanol–water partition coefficient (Wildman–Crippen LogP) is 3.69. The van der Waals surface area contributed by atoms with Gasteiger partial charge in [0.1, 0.15) is 0 Å². The fraction of sp³-hybridized carbons (Fsp3) is 0.125. The SMILES string of the molecule is Cn1c(=NC(=O)c2ccc(S(C)(=O)=O)cc2)sc2ccc(Cl)c(Cl)c21. The van der Waals surface area contributed by atoms with E-state index >= 15 is 0 Å². The van der Waals surface area contributed by atoms with Crippen molar-refractivity contribution in [3.63, 3.8) is 0 Å². The summed E-state index contributed by atoms with van der Waals surface area (Å²) >= 11 is 13.6. The molecule has 0 aliphatic rings. The fourth-order valence-corrected chi connectivity index (χ4v) is 4.43. The molecule has 3 aromatic rings. The molecule has 0 aliphatic carbocycles. The Bertz CT molecular complexity index is 1160. The molecular formula is C16H12Cl2N2O3S2. The van der Waals surface area contributed by atoms with Crippen molar-refractivity contribution in [3.05, 3.63) is 56.8 Å². The Labute approximate surface area is 158 Å². The first kappa shape index (κ1) is 18.1. The van der Waals surface area contributed by atoms with Gasteiger partial charge >= 0.3 is 0 Å². The summed E-state index contributed by atoms with van der Waals surface area (Å²) in [6.07, 6.45) is 1.11. The minimum Gasteiger partial charge on any atom is -0.318 e. The number of rotatable bonds is 2. The molecule has 0 N–H and O–H groups in total. The number of thiazole rings is 1. The van der Waals surface area contributed by atoms with E-state index in [1.807, 2.05) is 6.07 Å². The molecule has 1 aromatic heterocycles. The first-order valence-corrected chi connectivity index (χ1v) is 10.5. The van der Waals surface area contributed by atoms with E-state index in [1.54, 1.807) is 17.7 Å². The molecule has 130 valence electrons. The molecule has 1 heterocycles. The van der Waals surface area contributed by atoms with E-state index in [1.165, 1.54) is 35.6 Å². The number of carbonyl (C=O) groups is 1. The van der Waals surface area contributed by atoms with Crippen LogP contribution >= 0.6 is 34.5 Å². The van der Waals surface area contributed by atoms with Crippen LogP contribution in [0.5, 0.6) is 0 Å². The van der Waals surface area contributed by atoms with Crippen LogP contribution in [0.1, 0.15) is 10.4 Å². The monoisotopic (exact) mass is 414 g/mol. The molecule has 0 fully saturated rings. The first-order valence-electron chi connectivity index (χ1n) is 7.01. The molecule has 0 radical (unpaired) electrons. The molecule has 0 saturated heterocycles. The zero-order chi connectivity index (χ0) is 18.4. The van der Waals surface area contributed by atoms with Gasteiger partial charge in [0, 0.05) is 18.9 Å². The summed E-state index contributed by atoms with van der Waals surface area (Å²) in [5, 5.41) is 0.834. The number of hydrogen-bond donors (Lipinski definition) is 0. The lowest BCUT2D eigenvalue weighted by molar-refractivity contribution is 0.0998. The second-order valence-electron chi connectivity index (χ2n) is 5.37. The van der Waals surface area contributed by atoms with Gasteiger partial charge in [-0.15, -0.1) is 0 Å². The van der Waals surface area contributed by atoms with Crippen LogP contribution in [0, 0.1) is 0 Å². The van der Waals surface area contributed by atoms with Crippen LogP contribution in [0.2, 0.25) is 10.0 Å². The number of amides is 1. The molecule has 0 atom stereocenters. The van der Waals surface area contributed by atoms with Crippen LogP contribution in [0.15, 0.2) is 46.3 Å². The third kappa shape index (κ3) is 3.50. The van der Waals surface area contributed by atoms with Crippen molar-refractivity contribution in [2.24, 2.45) is 12.0 Å². The van der Waals surface area contributed by atoms with Crippen molar-refractivity contribution in [2.75, 3.05) is 6.26 Å². The average Bonchev–Trinajstić information content (AvgIpc) is 2.87. The maximum Gasteiger partial charge on any atom is 0.279 e. The van der Waals surface area contributed by atoms with Crippen LogP contribution in [-0.2, 0) is 16.9 Å². The Morgan fingerprint density at radius 2 is 1.76 bits per heavy atom. The van der Waals surface area contributed by atoms with E-state index in [2.05, 4.69) is 4.99 Å². The lowest BCUT2D eigenvalue weighted by Crippen LogP contribution is -2.13. The molecule has 9 heteroatoms. The normalized spacial score (nSPS) is 12.7. The molecule has 0 aliphatic heterocycles. The van der Waals surface area contributed by atoms with Crippen LogP contribution < -0.4 is 4.80 Å². The topological polar surface area (TPSA) is 68.5 Å². The minimum atomic E-state index is -3.31. The Morgan fingerprint density at radius 3 is 2.36 bits per heavy atom. The molecule has 5 nitrogen and oxygen atoms in total.